The van der Waals surface area contributed by atoms with Gasteiger partial charge in [0, 0.05) is 26.9 Å². The summed E-state index contributed by atoms with van der Waals surface area (Å²) in [6.45, 7) is 3.05. The number of nitrogens with two attached hydrogens (primary N) is 1. The number of unbranched alkanes of at least 4 members (excludes halogenated alkanes) is 3. The Hall–Kier alpha value is -0.120. The zero-order valence-corrected chi connectivity index (χ0v) is 8.05. The lowest BCUT2D eigenvalue weighted by Gasteiger charge is -2.02. The molecule has 0 aliphatic carbocycles. The highest BCUT2D eigenvalue weighted by molar-refractivity contribution is 4.42. The molecule has 0 aliphatic heterocycles. The zero-order chi connectivity index (χ0) is 9.07. The van der Waals surface area contributed by atoms with Gasteiger partial charge in [0.25, 0.3) is 0 Å². The molecule has 0 spiro atoms. The number of hydrogen-bond donors (Lipinski definition) is 1. The maximum absolute atomic E-state index is 5.27. The lowest BCUT2D eigenvalue weighted by atomic mass is 10.2. The molecule has 0 aromatic rings. The van der Waals surface area contributed by atoms with Crippen molar-refractivity contribution in [1.29, 1.82) is 0 Å². The Labute approximate surface area is 75.2 Å². The fourth-order valence-electron chi connectivity index (χ4n) is 0.989. The smallest absolute Gasteiger partial charge is 0.0588 e. The van der Waals surface area contributed by atoms with E-state index in [2.05, 4.69) is 0 Å². The van der Waals surface area contributed by atoms with Crippen molar-refractivity contribution < 1.29 is 9.47 Å². The van der Waals surface area contributed by atoms with Gasteiger partial charge in [-0.3, -0.25) is 0 Å². The van der Waals surface area contributed by atoms with Crippen molar-refractivity contribution in [3.8, 4) is 0 Å². The fourth-order valence-corrected chi connectivity index (χ4v) is 0.989. The van der Waals surface area contributed by atoms with Crippen LogP contribution in [0, 0.1) is 0 Å². The van der Waals surface area contributed by atoms with E-state index in [9.17, 15) is 0 Å². The first-order valence-corrected chi connectivity index (χ1v) is 4.68. The summed E-state index contributed by atoms with van der Waals surface area (Å²) in [5.41, 5.74) is 5.27. The molecule has 0 unspecified atom stereocenters. The van der Waals surface area contributed by atoms with Gasteiger partial charge in [-0.05, 0) is 12.8 Å². The van der Waals surface area contributed by atoms with Crippen LogP contribution < -0.4 is 5.73 Å². The summed E-state index contributed by atoms with van der Waals surface area (Å²) < 4.78 is 10.2. The molecule has 0 rings (SSSR count). The lowest BCUT2D eigenvalue weighted by molar-refractivity contribution is 0.135. The molecule has 0 aromatic carbocycles. The summed E-state index contributed by atoms with van der Waals surface area (Å²) in [5.74, 6) is 0. The van der Waals surface area contributed by atoms with Gasteiger partial charge in [0.05, 0.1) is 6.61 Å². The summed E-state index contributed by atoms with van der Waals surface area (Å²) in [6.07, 6.45) is 4.77. The number of hydrogen-bond acceptors (Lipinski definition) is 3. The van der Waals surface area contributed by atoms with Gasteiger partial charge >= 0.3 is 0 Å². The molecule has 0 fully saturated rings. The van der Waals surface area contributed by atoms with Crippen molar-refractivity contribution in [2.24, 2.45) is 5.73 Å². The highest BCUT2D eigenvalue weighted by atomic mass is 16.5. The van der Waals surface area contributed by atoms with E-state index in [0.29, 0.717) is 13.2 Å². The topological polar surface area (TPSA) is 44.5 Å². The van der Waals surface area contributed by atoms with Crippen LogP contribution in [-0.2, 0) is 9.47 Å². The molecule has 0 saturated heterocycles. The second-order valence-corrected chi connectivity index (χ2v) is 2.81. The van der Waals surface area contributed by atoms with Crippen LogP contribution >= 0.6 is 0 Å². The van der Waals surface area contributed by atoms with Crippen LogP contribution in [0.25, 0.3) is 0 Å². The highest BCUT2D eigenvalue weighted by Gasteiger charge is 1.89. The third-order valence-electron chi connectivity index (χ3n) is 1.65. The molecule has 0 amide bonds. The maximum atomic E-state index is 5.27. The van der Waals surface area contributed by atoms with E-state index < -0.39 is 0 Å². The summed E-state index contributed by atoms with van der Waals surface area (Å²) in [6, 6.07) is 0. The highest BCUT2D eigenvalue weighted by Crippen LogP contribution is 1.99. The summed E-state index contributed by atoms with van der Waals surface area (Å²) >= 11 is 0. The van der Waals surface area contributed by atoms with Crippen LogP contribution in [0.2, 0.25) is 0 Å². The van der Waals surface area contributed by atoms with Gasteiger partial charge in [-0.25, -0.2) is 0 Å². The molecule has 0 radical (unpaired) electrons. The Morgan fingerprint density at radius 2 is 1.58 bits per heavy atom. The van der Waals surface area contributed by atoms with E-state index in [-0.39, 0.29) is 0 Å². The van der Waals surface area contributed by atoms with Gasteiger partial charge in [0.1, 0.15) is 0 Å². The summed E-state index contributed by atoms with van der Waals surface area (Å²) in [7, 11) is 1.74. The standard InChI is InChI=1S/C9H21NO2/c1-11-7-4-2-3-5-8-12-9-6-10/h2-10H2,1H3. The SMILES string of the molecule is COCCCCCCOCCN. The quantitative estimate of drug-likeness (QED) is 0.535. The van der Waals surface area contributed by atoms with Crippen LogP contribution in [-0.4, -0.2) is 33.5 Å². The Morgan fingerprint density at radius 1 is 0.917 bits per heavy atom. The molecule has 12 heavy (non-hydrogen) atoms. The minimum absolute atomic E-state index is 0.629. The number of methoxy groups -OCH3 is 1. The second kappa shape index (κ2) is 10.9. The van der Waals surface area contributed by atoms with E-state index >= 15 is 0 Å². The number of rotatable bonds is 9. The third kappa shape index (κ3) is 9.88. The fraction of sp³-hybridized carbons (Fsp3) is 1.00. The first-order valence-electron chi connectivity index (χ1n) is 4.68. The molecule has 2 N–H and O–H groups in total. The monoisotopic (exact) mass is 175 g/mol. The van der Waals surface area contributed by atoms with Crippen molar-refractivity contribution in [1.82, 2.24) is 0 Å². The van der Waals surface area contributed by atoms with Crippen LogP contribution in [0.15, 0.2) is 0 Å². The molecule has 3 heteroatoms. The molecule has 0 saturated carbocycles. The Bertz CT molecular complexity index is 68.9. The van der Waals surface area contributed by atoms with E-state index in [0.717, 1.165) is 26.1 Å². The molecule has 74 valence electrons. The van der Waals surface area contributed by atoms with Crippen LogP contribution in [0.3, 0.4) is 0 Å². The van der Waals surface area contributed by atoms with Gasteiger partial charge < -0.3 is 15.2 Å². The zero-order valence-electron chi connectivity index (χ0n) is 8.05. The van der Waals surface area contributed by atoms with Crippen LogP contribution in [0.5, 0.6) is 0 Å². The molecular formula is C9H21NO2. The minimum atomic E-state index is 0.629. The van der Waals surface area contributed by atoms with E-state index in [1.807, 2.05) is 0 Å². The van der Waals surface area contributed by atoms with Gasteiger partial charge in [0.2, 0.25) is 0 Å². The minimum Gasteiger partial charge on any atom is -0.385 e. The molecule has 0 bridgehead atoms. The van der Waals surface area contributed by atoms with Gasteiger partial charge in [0.15, 0.2) is 0 Å². The Kier molecular flexibility index (Phi) is 10.8. The molecule has 0 aromatic heterocycles. The summed E-state index contributed by atoms with van der Waals surface area (Å²) in [4.78, 5) is 0. The average molecular weight is 175 g/mol. The molecule has 0 aliphatic rings. The van der Waals surface area contributed by atoms with Gasteiger partial charge in [-0.2, -0.15) is 0 Å². The Balaban J connectivity index is 2.73. The van der Waals surface area contributed by atoms with Crippen molar-refractivity contribution in [2.45, 2.75) is 25.7 Å². The largest absolute Gasteiger partial charge is 0.385 e. The summed E-state index contributed by atoms with van der Waals surface area (Å²) in [5, 5.41) is 0. The third-order valence-corrected chi connectivity index (χ3v) is 1.65. The Morgan fingerprint density at radius 3 is 2.17 bits per heavy atom. The molecular weight excluding hydrogens is 154 g/mol. The molecule has 0 heterocycles. The molecule has 3 nitrogen and oxygen atoms in total. The van der Waals surface area contributed by atoms with E-state index in [1.54, 1.807) is 7.11 Å². The van der Waals surface area contributed by atoms with Crippen LogP contribution in [0.1, 0.15) is 25.7 Å². The normalized spacial score (nSPS) is 10.5. The first kappa shape index (κ1) is 11.9. The van der Waals surface area contributed by atoms with Crippen LogP contribution in [0.4, 0.5) is 0 Å². The average Bonchev–Trinajstić information content (AvgIpc) is 2.10. The molecule has 0 atom stereocenters. The van der Waals surface area contributed by atoms with E-state index in [1.165, 1.54) is 12.8 Å². The van der Waals surface area contributed by atoms with Crippen molar-refractivity contribution >= 4 is 0 Å². The van der Waals surface area contributed by atoms with E-state index in [4.69, 9.17) is 15.2 Å². The maximum Gasteiger partial charge on any atom is 0.0588 e. The van der Waals surface area contributed by atoms with Gasteiger partial charge in [-0.1, -0.05) is 12.8 Å². The lowest BCUT2D eigenvalue weighted by Crippen LogP contribution is -2.08. The predicted octanol–water partition coefficient (Wildman–Crippen LogP) is 1.17. The number of ether oxygens (including phenoxy) is 2. The predicted molar refractivity (Wildman–Crippen MR) is 50.2 cm³/mol. The van der Waals surface area contributed by atoms with Crippen molar-refractivity contribution in [3.63, 3.8) is 0 Å². The van der Waals surface area contributed by atoms with Crippen molar-refractivity contribution in [3.05, 3.63) is 0 Å². The first-order chi connectivity index (χ1) is 5.91. The second-order valence-electron chi connectivity index (χ2n) is 2.81. The van der Waals surface area contributed by atoms with Gasteiger partial charge in [-0.15, -0.1) is 0 Å². The van der Waals surface area contributed by atoms with Crippen molar-refractivity contribution in [2.75, 3.05) is 33.5 Å².